The van der Waals surface area contributed by atoms with Crippen LogP contribution in [0.15, 0.2) is 0 Å². The molecule has 1 aliphatic carbocycles. The van der Waals surface area contributed by atoms with E-state index in [0.717, 1.165) is 24.3 Å². The van der Waals surface area contributed by atoms with Crippen LogP contribution in [0.2, 0.25) is 0 Å². The molecule has 0 spiro atoms. The van der Waals surface area contributed by atoms with E-state index in [1.807, 2.05) is 0 Å². The van der Waals surface area contributed by atoms with Crippen LogP contribution in [-0.2, 0) is 11.2 Å². The topological polar surface area (TPSA) is 54.9 Å². The van der Waals surface area contributed by atoms with E-state index >= 15 is 0 Å². The van der Waals surface area contributed by atoms with E-state index in [-0.39, 0.29) is 17.2 Å². The molecule has 106 valence electrons. The van der Waals surface area contributed by atoms with Crippen LogP contribution in [-0.4, -0.2) is 16.1 Å². The van der Waals surface area contributed by atoms with E-state index in [2.05, 4.69) is 36.3 Å². The van der Waals surface area contributed by atoms with Gasteiger partial charge < -0.3 is 5.32 Å². The summed E-state index contributed by atoms with van der Waals surface area (Å²) in [6.45, 7) is 6.53. The van der Waals surface area contributed by atoms with Gasteiger partial charge in [-0.05, 0) is 18.3 Å². The van der Waals surface area contributed by atoms with Gasteiger partial charge in [0.2, 0.25) is 11.0 Å². The number of hydrogen-bond donors (Lipinski definition) is 1. The lowest BCUT2D eigenvalue weighted by atomic mass is 9.89. The Morgan fingerprint density at radius 1 is 1.26 bits per heavy atom. The number of carbonyl (C=O) groups is 1. The Bertz CT molecular complexity index is 430. The molecule has 5 heteroatoms. The normalized spacial score (nSPS) is 17.4. The number of rotatable bonds is 3. The minimum atomic E-state index is 0.123. The van der Waals surface area contributed by atoms with Gasteiger partial charge in [-0.2, -0.15) is 0 Å². The number of nitrogens with zero attached hydrogens (tertiary/aromatic N) is 2. The molecule has 1 aromatic heterocycles. The third kappa shape index (κ3) is 4.56. The summed E-state index contributed by atoms with van der Waals surface area (Å²) in [5.41, 5.74) is 0.199. The molecule has 2 rings (SSSR count). The molecule has 0 atom stereocenters. The largest absolute Gasteiger partial charge is 0.300 e. The molecule has 1 heterocycles. The molecule has 1 aromatic rings. The highest BCUT2D eigenvalue weighted by molar-refractivity contribution is 7.15. The summed E-state index contributed by atoms with van der Waals surface area (Å²) in [7, 11) is 0. The molecule has 4 nitrogen and oxygen atoms in total. The van der Waals surface area contributed by atoms with Crippen molar-refractivity contribution in [2.45, 2.75) is 59.3 Å². The summed E-state index contributed by atoms with van der Waals surface area (Å²) < 4.78 is 0. The summed E-state index contributed by atoms with van der Waals surface area (Å²) in [4.78, 5) is 12.1. The number of carbonyl (C=O) groups excluding carboxylic acids is 1. The SMILES string of the molecule is CC(C)(C)Cc1nnc(NC(=O)C2CCCCC2)s1. The highest BCUT2D eigenvalue weighted by atomic mass is 32.1. The first-order valence-electron chi connectivity index (χ1n) is 7.07. The maximum atomic E-state index is 12.1. The summed E-state index contributed by atoms with van der Waals surface area (Å²) in [5.74, 6) is 0.293. The Hall–Kier alpha value is -0.970. The maximum absolute atomic E-state index is 12.1. The van der Waals surface area contributed by atoms with Gasteiger partial charge in [0.1, 0.15) is 5.01 Å². The van der Waals surface area contributed by atoms with Crippen molar-refractivity contribution in [1.29, 1.82) is 0 Å². The van der Waals surface area contributed by atoms with E-state index in [4.69, 9.17) is 0 Å². The zero-order chi connectivity index (χ0) is 13.9. The lowest BCUT2D eigenvalue weighted by Crippen LogP contribution is -2.24. The minimum Gasteiger partial charge on any atom is -0.300 e. The third-order valence-corrected chi connectivity index (χ3v) is 4.19. The fraction of sp³-hybridized carbons (Fsp3) is 0.786. The van der Waals surface area contributed by atoms with Crippen LogP contribution in [0.1, 0.15) is 57.9 Å². The second kappa shape index (κ2) is 5.99. The molecule has 0 aliphatic heterocycles. The Morgan fingerprint density at radius 2 is 1.95 bits per heavy atom. The first kappa shape index (κ1) is 14.4. The van der Waals surface area contributed by atoms with Crippen molar-refractivity contribution in [3.8, 4) is 0 Å². The van der Waals surface area contributed by atoms with E-state index in [1.165, 1.54) is 30.6 Å². The summed E-state index contributed by atoms with van der Waals surface area (Å²) in [6.07, 6.45) is 6.52. The quantitative estimate of drug-likeness (QED) is 0.920. The molecule has 1 N–H and O–H groups in total. The highest BCUT2D eigenvalue weighted by Gasteiger charge is 2.22. The summed E-state index contributed by atoms with van der Waals surface area (Å²) in [5, 5.41) is 12.8. The second-order valence-corrected chi connectivity index (χ2v) is 7.62. The molecule has 0 aromatic carbocycles. The fourth-order valence-corrected chi connectivity index (χ4v) is 3.44. The molecular formula is C14H23N3OS. The predicted molar refractivity (Wildman–Crippen MR) is 78.3 cm³/mol. The van der Waals surface area contributed by atoms with Crippen molar-refractivity contribution in [2.24, 2.45) is 11.3 Å². The maximum Gasteiger partial charge on any atom is 0.229 e. The van der Waals surface area contributed by atoms with Crippen molar-refractivity contribution < 1.29 is 4.79 Å². The zero-order valence-electron chi connectivity index (χ0n) is 12.0. The van der Waals surface area contributed by atoms with Crippen molar-refractivity contribution in [1.82, 2.24) is 10.2 Å². The molecule has 1 fully saturated rings. The summed E-state index contributed by atoms with van der Waals surface area (Å²) in [6, 6.07) is 0. The smallest absolute Gasteiger partial charge is 0.229 e. The van der Waals surface area contributed by atoms with Crippen molar-refractivity contribution in [3.63, 3.8) is 0 Å². The number of aromatic nitrogens is 2. The van der Waals surface area contributed by atoms with Crippen molar-refractivity contribution >= 4 is 22.4 Å². The van der Waals surface area contributed by atoms with Crippen LogP contribution >= 0.6 is 11.3 Å². The lowest BCUT2D eigenvalue weighted by molar-refractivity contribution is -0.120. The number of amides is 1. The van der Waals surface area contributed by atoms with Gasteiger partial charge in [-0.15, -0.1) is 10.2 Å². The van der Waals surface area contributed by atoms with Crippen LogP contribution < -0.4 is 5.32 Å². The van der Waals surface area contributed by atoms with Crippen LogP contribution in [0.25, 0.3) is 0 Å². The second-order valence-electron chi connectivity index (χ2n) is 6.56. The first-order valence-corrected chi connectivity index (χ1v) is 7.89. The van der Waals surface area contributed by atoms with Gasteiger partial charge in [-0.25, -0.2) is 0 Å². The van der Waals surface area contributed by atoms with Crippen LogP contribution in [0.4, 0.5) is 5.13 Å². The standard InChI is InChI=1S/C14H23N3OS/c1-14(2,3)9-11-16-17-13(19-11)15-12(18)10-7-5-4-6-8-10/h10H,4-9H2,1-3H3,(H,15,17,18). The molecule has 19 heavy (non-hydrogen) atoms. The molecular weight excluding hydrogens is 258 g/mol. The van der Waals surface area contributed by atoms with E-state index in [0.29, 0.717) is 5.13 Å². The van der Waals surface area contributed by atoms with Crippen LogP contribution in [0, 0.1) is 11.3 Å². The number of anilines is 1. The Morgan fingerprint density at radius 3 is 2.58 bits per heavy atom. The molecule has 1 amide bonds. The average molecular weight is 281 g/mol. The first-order chi connectivity index (χ1) is 8.94. The molecule has 0 bridgehead atoms. The molecule has 1 saturated carbocycles. The number of hydrogen-bond acceptors (Lipinski definition) is 4. The van der Waals surface area contributed by atoms with Gasteiger partial charge in [-0.1, -0.05) is 51.4 Å². The minimum absolute atomic E-state index is 0.123. The predicted octanol–water partition coefficient (Wildman–Crippen LogP) is 3.65. The van der Waals surface area contributed by atoms with E-state index < -0.39 is 0 Å². The molecule has 0 unspecified atom stereocenters. The zero-order valence-corrected chi connectivity index (χ0v) is 12.8. The van der Waals surface area contributed by atoms with Gasteiger partial charge in [-0.3, -0.25) is 4.79 Å². The Balaban J connectivity index is 1.90. The number of nitrogens with one attached hydrogen (secondary N) is 1. The van der Waals surface area contributed by atoms with Gasteiger partial charge >= 0.3 is 0 Å². The van der Waals surface area contributed by atoms with Crippen molar-refractivity contribution in [3.05, 3.63) is 5.01 Å². The summed E-state index contributed by atoms with van der Waals surface area (Å²) >= 11 is 1.50. The van der Waals surface area contributed by atoms with E-state index in [1.54, 1.807) is 0 Å². The molecule has 0 saturated heterocycles. The molecule has 1 aliphatic rings. The highest BCUT2D eigenvalue weighted by Crippen LogP contribution is 2.27. The van der Waals surface area contributed by atoms with Gasteiger partial charge in [0.15, 0.2) is 0 Å². The monoisotopic (exact) mass is 281 g/mol. The van der Waals surface area contributed by atoms with Crippen LogP contribution in [0.3, 0.4) is 0 Å². The lowest BCUT2D eigenvalue weighted by Gasteiger charge is -2.19. The fourth-order valence-electron chi connectivity index (χ4n) is 2.40. The Kier molecular flexibility index (Phi) is 4.55. The van der Waals surface area contributed by atoms with Crippen LogP contribution in [0.5, 0.6) is 0 Å². The third-order valence-electron chi connectivity index (χ3n) is 3.35. The molecule has 0 radical (unpaired) electrons. The average Bonchev–Trinajstić information content (AvgIpc) is 2.75. The van der Waals surface area contributed by atoms with Crippen molar-refractivity contribution in [2.75, 3.05) is 5.32 Å². The van der Waals surface area contributed by atoms with Gasteiger partial charge in [0.25, 0.3) is 0 Å². The van der Waals surface area contributed by atoms with Gasteiger partial charge in [0, 0.05) is 12.3 Å². The van der Waals surface area contributed by atoms with E-state index in [9.17, 15) is 4.79 Å². The van der Waals surface area contributed by atoms with Gasteiger partial charge in [0.05, 0.1) is 0 Å². The Labute approximate surface area is 119 Å².